The molecule has 0 fully saturated rings. The molecule has 1 aromatic rings. The van der Waals surface area contributed by atoms with Crippen LogP contribution in [0.15, 0.2) is 47.5 Å². The molecule has 0 saturated heterocycles. The van der Waals surface area contributed by atoms with Crippen molar-refractivity contribution < 1.29 is 9.90 Å². The van der Waals surface area contributed by atoms with Gasteiger partial charge in [0.1, 0.15) is 4.95 Å². The molecule has 2 atom stereocenters. The predicted molar refractivity (Wildman–Crippen MR) is 98.4 cm³/mol. The summed E-state index contributed by atoms with van der Waals surface area (Å²) in [6.07, 6.45) is 9.82. The zero-order valence-corrected chi connectivity index (χ0v) is 15.1. The second-order valence-corrected chi connectivity index (χ2v) is 7.31. The van der Waals surface area contributed by atoms with Gasteiger partial charge in [0.05, 0.1) is 5.41 Å². The maximum atomic E-state index is 11.7. The fourth-order valence-electron chi connectivity index (χ4n) is 2.88. The lowest BCUT2D eigenvalue weighted by Gasteiger charge is -2.25. The zero-order valence-electron chi connectivity index (χ0n) is 13.5. The van der Waals surface area contributed by atoms with Crippen LogP contribution < -0.4 is 0 Å². The molecule has 0 amide bonds. The van der Waals surface area contributed by atoms with Crippen LogP contribution in [0.5, 0.6) is 0 Å². The quantitative estimate of drug-likeness (QED) is 0.389. The standard InChI is InChI=1S/C19H24BrNO2/c1-19(18(22)23,15-9-4-2-5-10-15)14-7-3-6-11-16-12-8-13-17(20)21-16/h2,4-5,8-10,12,17H,3,6-7,11,13-14H2,1H3,(H,22,23). The van der Waals surface area contributed by atoms with Gasteiger partial charge in [-0.2, -0.15) is 0 Å². The number of aliphatic carboxylic acids is 1. The SMILES string of the molecule is CC(CCCCCC1=NC(Br)CC=C1)(C(=O)O)c1ccccc1. The van der Waals surface area contributed by atoms with Gasteiger partial charge in [-0.1, -0.05) is 65.2 Å². The molecule has 0 aromatic heterocycles. The van der Waals surface area contributed by atoms with Crippen molar-refractivity contribution in [1.29, 1.82) is 0 Å². The molecule has 0 saturated carbocycles. The molecule has 0 radical (unpaired) electrons. The third-order valence-corrected chi connectivity index (χ3v) is 5.02. The molecule has 0 aliphatic carbocycles. The zero-order chi connectivity index (χ0) is 16.7. The van der Waals surface area contributed by atoms with E-state index in [0.717, 1.165) is 43.4 Å². The minimum Gasteiger partial charge on any atom is -0.481 e. The number of carbonyl (C=O) groups is 1. The van der Waals surface area contributed by atoms with E-state index in [1.807, 2.05) is 37.3 Å². The number of rotatable bonds is 8. The average Bonchev–Trinajstić information content (AvgIpc) is 2.55. The number of nitrogens with zero attached hydrogens (tertiary/aromatic N) is 1. The van der Waals surface area contributed by atoms with E-state index in [0.29, 0.717) is 6.42 Å². The van der Waals surface area contributed by atoms with E-state index in [2.05, 4.69) is 33.1 Å². The molecule has 0 bridgehead atoms. The fourth-order valence-corrected chi connectivity index (χ4v) is 3.36. The number of allylic oxidation sites excluding steroid dienone is 1. The van der Waals surface area contributed by atoms with Crippen molar-refractivity contribution in [3.05, 3.63) is 48.0 Å². The van der Waals surface area contributed by atoms with Crippen molar-refractivity contribution in [2.75, 3.05) is 0 Å². The van der Waals surface area contributed by atoms with Crippen LogP contribution in [-0.4, -0.2) is 21.7 Å². The molecule has 1 N–H and O–H groups in total. The van der Waals surface area contributed by atoms with E-state index < -0.39 is 11.4 Å². The molecule has 124 valence electrons. The maximum Gasteiger partial charge on any atom is 0.313 e. The molecule has 2 unspecified atom stereocenters. The lowest BCUT2D eigenvalue weighted by Crippen LogP contribution is -2.32. The monoisotopic (exact) mass is 377 g/mol. The minimum atomic E-state index is -0.801. The van der Waals surface area contributed by atoms with E-state index in [4.69, 9.17) is 0 Å². The predicted octanol–water partition coefficient (Wildman–Crippen LogP) is 5.10. The van der Waals surface area contributed by atoms with Gasteiger partial charge in [-0.3, -0.25) is 9.79 Å². The minimum absolute atomic E-state index is 0.218. The van der Waals surface area contributed by atoms with Gasteiger partial charge in [0.2, 0.25) is 0 Å². The van der Waals surface area contributed by atoms with Gasteiger partial charge in [0.15, 0.2) is 0 Å². The first-order valence-corrected chi connectivity index (χ1v) is 9.10. The highest BCUT2D eigenvalue weighted by molar-refractivity contribution is 9.09. The van der Waals surface area contributed by atoms with E-state index in [1.165, 1.54) is 0 Å². The molecule has 2 rings (SSSR count). The maximum absolute atomic E-state index is 11.7. The number of hydrogen-bond acceptors (Lipinski definition) is 2. The molecule has 1 aliphatic rings. The Bertz CT molecular complexity index is 582. The number of aliphatic imine (C=N–C) groups is 1. The third-order valence-electron chi connectivity index (χ3n) is 4.44. The van der Waals surface area contributed by atoms with Crippen molar-refractivity contribution in [2.24, 2.45) is 4.99 Å². The highest BCUT2D eigenvalue weighted by atomic mass is 79.9. The summed E-state index contributed by atoms with van der Waals surface area (Å²) in [7, 11) is 0. The van der Waals surface area contributed by atoms with Crippen molar-refractivity contribution in [3.63, 3.8) is 0 Å². The normalized spacial score (nSPS) is 19.9. The topological polar surface area (TPSA) is 49.7 Å². The summed E-state index contributed by atoms with van der Waals surface area (Å²) >= 11 is 3.52. The first-order chi connectivity index (χ1) is 11.0. The Hall–Kier alpha value is -1.42. The summed E-state index contributed by atoms with van der Waals surface area (Å²) in [6, 6.07) is 9.54. The van der Waals surface area contributed by atoms with Crippen LogP contribution in [0.2, 0.25) is 0 Å². The summed E-state index contributed by atoms with van der Waals surface area (Å²) in [5.41, 5.74) is 1.22. The summed E-state index contributed by atoms with van der Waals surface area (Å²) in [5, 5.41) is 9.64. The number of carboxylic acid groups (broad SMARTS) is 1. The Morgan fingerprint density at radius 2 is 2.04 bits per heavy atom. The van der Waals surface area contributed by atoms with Crippen LogP contribution in [0.3, 0.4) is 0 Å². The van der Waals surface area contributed by atoms with Crippen molar-refractivity contribution in [1.82, 2.24) is 0 Å². The van der Waals surface area contributed by atoms with Gasteiger partial charge < -0.3 is 5.11 Å². The van der Waals surface area contributed by atoms with Crippen LogP contribution in [0.25, 0.3) is 0 Å². The third kappa shape index (κ3) is 5.03. The summed E-state index contributed by atoms with van der Waals surface area (Å²) in [5.74, 6) is -0.745. The summed E-state index contributed by atoms with van der Waals surface area (Å²) in [6.45, 7) is 1.83. The first kappa shape index (κ1) is 17.9. The molecular weight excluding hydrogens is 354 g/mol. The number of alkyl halides is 1. The van der Waals surface area contributed by atoms with Gasteiger partial charge in [-0.05, 0) is 44.2 Å². The Labute approximate surface area is 146 Å². The summed E-state index contributed by atoms with van der Waals surface area (Å²) in [4.78, 5) is 16.5. The fraction of sp³-hybridized carbons (Fsp3) is 0.474. The molecular formula is C19H24BrNO2. The Morgan fingerprint density at radius 3 is 2.70 bits per heavy atom. The highest BCUT2D eigenvalue weighted by Crippen LogP contribution is 2.30. The smallest absolute Gasteiger partial charge is 0.313 e. The van der Waals surface area contributed by atoms with E-state index in [1.54, 1.807) is 0 Å². The van der Waals surface area contributed by atoms with Crippen LogP contribution >= 0.6 is 15.9 Å². The highest BCUT2D eigenvalue weighted by Gasteiger charge is 2.34. The van der Waals surface area contributed by atoms with Crippen LogP contribution in [0, 0.1) is 0 Å². The van der Waals surface area contributed by atoms with Crippen LogP contribution in [0.1, 0.15) is 51.0 Å². The molecule has 23 heavy (non-hydrogen) atoms. The lowest BCUT2D eigenvalue weighted by atomic mass is 9.78. The molecule has 1 aromatic carbocycles. The second kappa shape index (κ2) is 8.44. The van der Waals surface area contributed by atoms with Crippen molar-refractivity contribution >= 4 is 27.6 Å². The van der Waals surface area contributed by atoms with Gasteiger partial charge >= 0.3 is 5.97 Å². The number of hydrogen-bond donors (Lipinski definition) is 1. The Balaban J connectivity index is 1.82. The van der Waals surface area contributed by atoms with Crippen LogP contribution in [0.4, 0.5) is 0 Å². The number of unbranched alkanes of at least 4 members (excludes halogenated alkanes) is 2. The van der Waals surface area contributed by atoms with Gasteiger partial charge in [-0.15, -0.1) is 0 Å². The number of carboxylic acids is 1. The molecule has 1 aliphatic heterocycles. The largest absolute Gasteiger partial charge is 0.481 e. The number of benzene rings is 1. The molecule has 0 spiro atoms. The Kier molecular flexibility index (Phi) is 6.58. The van der Waals surface area contributed by atoms with Crippen molar-refractivity contribution in [2.45, 2.75) is 55.8 Å². The van der Waals surface area contributed by atoms with Gasteiger partial charge in [0.25, 0.3) is 0 Å². The van der Waals surface area contributed by atoms with Gasteiger partial charge in [0, 0.05) is 5.71 Å². The lowest BCUT2D eigenvalue weighted by molar-refractivity contribution is -0.143. The van der Waals surface area contributed by atoms with Crippen molar-refractivity contribution in [3.8, 4) is 0 Å². The van der Waals surface area contributed by atoms with E-state index in [9.17, 15) is 9.90 Å². The first-order valence-electron chi connectivity index (χ1n) is 8.18. The second-order valence-electron chi connectivity index (χ2n) is 6.26. The van der Waals surface area contributed by atoms with E-state index >= 15 is 0 Å². The Morgan fingerprint density at radius 1 is 1.30 bits per heavy atom. The van der Waals surface area contributed by atoms with Gasteiger partial charge in [-0.25, -0.2) is 0 Å². The van der Waals surface area contributed by atoms with Crippen LogP contribution in [-0.2, 0) is 10.2 Å². The average molecular weight is 378 g/mol. The van der Waals surface area contributed by atoms with E-state index in [-0.39, 0.29) is 4.95 Å². The number of halogens is 1. The summed E-state index contributed by atoms with van der Waals surface area (Å²) < 4.78 is 0. The molecule has 3 nitrogen and oxygen atoms in total. The number of dihydropyridines is 1. The molecule has 1 heterocycles. The molecule has 4 heteroatoms.